The van der Waals surface area contributed by atoms with Gasteiger partial charge in [-0.3, -0.25) is 0 Å². The van der Waals surface area contributed by atoms with Gasteiger partial charge in [-0.1, -0.05) is 29.3 Å². The molecule has 0 bridgehead atoms. The first-order valence-electron chi connectivity index (χ1n) is 6.56. The normalized spacial score (nSPS) is 10.4. The van der Waals surface area contributed by atoms with Gasteiger partial charge in [-0.15, -0.1) is 0 Å². The van der Waals surface area contributed by atoms with E-state index in [1.807, 2.05) is 12.1 Å². The van der Waals surface area contributed by atoms with Crippen LogP contribution < -0.4 is 10.6 Å². The standard InChI is InChI=1S/C16H18Cl2N2/c1-11-3-4-15(7-12(11)2)19-5-6-20-16-9-13(17)8-14(18)10-16/h3-4,7-10,19-20H,5-6H2,1-2H3. The number of benzene rings is 2. The van der Waals surface area contributed by atoms with Gasteiger partial charge in [-0.05, 0) is 55.3 Å². The highest BCUT2D eigenvalue weighted by Gasteiger charge is 1.98. The molecule has 0 amide bonds. The van der Waals surface area contributed by atoms with E-state index in [0.29, 0.717) is 10.0 Å². The van der Waals surface area contributed by atoms with Crippen LogP contribution in [0.3, 0.4) is 0 Å². The van der Waals surface area contributed by atoms with Crippen LogP contribution in [0.5, 0.6) is 0 Å². The number of hydrogen-bond donors (Lipinski definition) is 2. The largest absolute Gasteiger partial charge is 0.383 e. The summed E-state index contributed by atoms with van der Waals surface area (Å²) in [6.45, 7) is 5.85. The molecule has 4 heteroatoms. The molecule has 2 rings (SSSR count). The summed E-state index contributed by atoms with van der Waals surface area (Å²) in [4.78, 5) is 0. The van der Waals surface area contributed by atoms with Crippen molar-refractivity contribution in [3.8, 4) is 0 Å². The summed E-state index contributed by atoms with van der Waals surface area (Å²) in [7, 11) is 0. The lowest BCUT2D eigenvalue weighted by molar-refractivity contribution is 1.08. The molecule has 0 saturated carbocycles. The highest BCUT2D eigenvalue weighted by atomic mass is 35.5. The van der Waals surface area contributed by atoms with Gasteiger partial charge < -0.3 is 10.6 Å². The number of nitrogens with one attached hydrogen (secondary N) is 2. The highest BCUT2D eigenvalue weighted by molar-refractivity contribution is 6.35. The number of halogens is 2. The molecule has 0 saturated heterocycles. The Balaban J connectivity index is 1.82. The van der Waals surface area contributed by atoms with Crippen LogP contribution in [0.4, 0.5) is 11.4 Å². The van der Waals surface area contributed by atoms with E-state index in [0.717, 1.165) is 24.5 Å². The molecule has 2 aromatic carbocycles. The molecule has 2 N–H and O–H groups in total. The van der Waals surface area contributed by atoms with Crippen LogP contribution in [0.1, 0.15) is 11.1 Å². The molecule has 0 atom stereocenters. The summed E-state index contributed by atoms with van der Waals surface area (Å²) in [6.07, 6.45) is 0. The van der Waals surface area contributed by atoms with E-state index in [-0.39, 0.29) is 0 Å². The number of aryl methyl sites for hydroxylation is 2. The Hall–Kier alpha value is -1.38. The van der Waals surface area contributed by atoms with E-state index >= 15 is 0 Å². The van der Waals surface area contributed by atoms with E-state index in [1.54, 1.807) is 6.07 Å². The zero-order valence-corrected chi connectivity index (χ0v) is 13.1. The van der Waals surface area contributed by atoms with Crippen molar-refractivity contribution in [1.82, 2.24) is 0 Å². The Morgan fingerprint density at radius 3 is 1.95 bits per heavy atom. The maximum absolute atomic E-state index is 5.95. The molecule has 0 aliphatic rings. The molecule has 0 aliphatic heterocycles. The zero-order valence-electron chi connectivity index (χ0n) is 11.6. The van der Waals surface area contributed by atoms with E-state index in [2.05, 4.69) is 42.7 Å². The van der Waals surface area contributed by atoms with Gasteiger partial charge in [0, 0.05) is 34.5 Å². The topological polar surface area (TPSA) is 24.1 Å². The maximum atomic E-state index is 5.95. The van der Waals surface area contributed by atoms with Crippen LogP contribution in [-0.4, -0.2) is 13.1 Å². The molecular weight excluding hydrogens is 291 g/mol. The van der Waals surface area contributed by atoms with Crippen molar-refractivity contribution >= 4 is 34.6 Å². The number of rotatable bonds is 5. The monoisotopic (exact) mass is 308 g/mol. The van der Waals surface area contributed by atoms with Crippen LogP contribution in [-0.2, 0) is 0 Å². The van der Waals surface area contributed by atoms with Gasteiger partial charge in [-0.25, -0.2) is 0 Å². The summed E-state index contributed by atoms with van der Waals surface area (Å²) in [5, 5.41) is 7.96. The molecule has 106 valence electrons. The smallest absolute Gasteiger partial charge is 0.0441 e. The lowest BCUT2D eigenvalue weighted by Crippen LogP contribution is -2.13. The number of anilines is 2. The van der Waals surface area contributed by atoms with Crippen molar-refractivity contribution in [2.45, 2.75) is 13.8 Å². The van der Waals surface area contributed by atoms with Gasteiger partial charge in [-0.2, -0.15) is 0 Å². The van der Waals surface area contributed by atoms with E-state index in [9.17, 15) is 0 Å². The van der Waals surface area contributed by atoms with Crippen LogP contribution >= 0.6 is 23.2 Å². The van der Waals surface area contributed by atoms with Gasteiger partial charge in [0.05, 0.1) is 0 Å². The second-order valence-corrected chi connectivity index (χ2v) is 5.68. The van der Waals surface area contributed by atoms with Crippen molar-refractivity contribution in [3.63, 3.8) is 0 Å². The summed E-state index contributed by atoms with van der Waals surface area (Å²) < 4.78 is 0. The van der Waals surface area contributed by atoms with Gasteiger partial charge in [0.15, 0.2) is 0 Å². The Morgan fingerprint density at radius 2 is 1.35 bits per heavy atom. The van der Waals surface area contributed by atoms with Gasteiger partial charge >= 0.3 is 0 Å². The minimum absolute atomic E-state index is 0.641. The molecule has 0 heterocycles. The summed E-state index contributed by atoms with van der Waals surface area (Å²) in [6, 6.07) is 11.8. The first-order chi connectivity index (χ1) is 9.54. The first kappa shape index (κ1) is 15.0. The Labute approximate surface area is 130 Å². The Kier molecular flexibility index (Phi) is 5.16. The molecule has 2 aromatic rings. The average Bonchev–Trinajstić information content (AvgIpc) is 2.38. The Morgan fingerprint density at radius 1 is 0.750 bits per heavy atom. The van der Waals surface area contributed by atoms with Crippen LogP contribution in [0, 0.1) is 13.8 Å². The van der Waals surface area contributed by atoms with Crippen LogP contribution in [0.25, 0.3) is 0 Å². The summed E-state index contributed by atoms with van der Waals surface area (Å²) in [5.41, 5.74) is 4.68. The van der Waals surface area contributed by atoms with Crippen LogP contribution in [0.15, 0.2) is 36.4 Å². The minimum atomic E-state index is 0.641. The van der Waals surface area contributed by atoms with Crippen molar-refractivity contribution in [2.75, 3.05) is 23.7 Å². The summed E-state index contributed by atoms with van der Waals surface area (Å²) >= 11 is 11.9. The predicted octanol–water partition coefficient (Wildman–Crippen LogP) is 5.13. The van der Waals surface area contributed by atoms with E-state index < -0.39 is 0 Å². The molecule has 0 spiro atoms. The van der Waals surface area contributed by atoms with Crippen molar-refractivity contribution in [2.24, 2.45) is 0 Å². The van der Waals surface area contributed by atoms with E-state index in [1.165, 1.54) is 11.1 Å². The molecular formula is C16H18Cl2N2. The lowest BCUT2D eigenvalue weighted by atomic mass is 10.1. The fourth-order valence-corrected chi connectivity index (χ4v) is 2.45. The third-order valence-electron chi connectivity index (χ3n) is 3.15. The van der Waals surface area contributed by atoms with E-state index in [4.69, 9.17) is 23.2 Å². The van der Waals surface area contributed by atoms with Crippen LogP contribution in [0.2, 0.25) is 10.0 Å². The fourth-order valence-electron chi connectivity index (χ4n) is 1.92. The fraction of sp³-hybridized carbons (Fsp3) is 0.250. The Bertz CT molecular complexity index is 577. The minimum Gasteiger partial charge on any atom is -0.383 e. The molecule has 20 heavy (non-hydrogen) atoms. The highest BCUT2D eigenvalue weighted by Crippen LogP contribution is 2.22. The van der Waals surface area contributed by atoms with Crippen molar-refractivity contribution in [3.05, 3.63) is 57.6 Å². The quantitative estimate of drug-likeness (QED) is 0.748. The second-order valence-electron chi connectivity index (χ2n) is 4.81. The lowest BCUT2D eigenvalue weighted by Gasteiger charge is -2.11. The average molecular weight is 309 g/mol. The van der Waals surface area contributed by atoms with Gasteiger partial charge in [0.25, 0.3) is 0 Å². The number of hydrogen-bond acceptors (Lipinski definition) is 2. The molecule has 0 aromatic heterocycles. The van der Waals surface area contributed by atoms with Gasteiger partial charge in [0.2, 0.25) is 0 Å². The zero-order chi connectivity index (χ0) is 14.5. The predicted molar refractivity (Wildman–Crippen MR) is 89.4 cm³/mol. The maximum Gasteiger partial charge on any atom is 0.0441 e. The van der Waals surface area contributed by atoms with Crippen molar-refractivity contribution < 1.29 is 0 Å². The second kappa shape index (κ2) is 6.87. The molecule has 0 fully saturated rings. The van der Waals surface area contributed by atoms with Crippen molar-refractivity contribution in [1.29, 1.82) is 0 Å². The molecule has 0 radical (unpaired) electrons. The third-order valence-corrected chi connectivity index (χ3v) is 3.59. The third kappa shape index (κ3) is 4.32. The first-order valence-corrected chi connectivity index (χ1v) is 7.31. The summed E-state index contributed by atoms with van der Waals surface area (Å²) in [5.74, 6) is 0. The molecule has 2 nitrogen and oxygen atoms in total. The van der Waals surface area contributed by atoms with Gasteiger partial charge in [0.1, 0.15) is 0 Å². The molecule has 0 aliphatic carbocycles. The SMILES string of the molecule is Cc1ccc(NCCNc2cc(Cl)cc(Cl)c2)cc1C. The molecule has 0 unspecified atom stereocenters.